The van der Waals surface area contributed by atoms with Crippen LogP contribution in [-0.4, -0.2) is 30.5 Å². The van der Waals surface area contributed by atoms with E-state index in [1.54, 1.807) is 6.20 Å². The fraction of sp³-hybridized carbons (Fsp3) is 0.280. The lowest BCUT2D eigenvalue weighted by Crippen LogP contribution is -2.25. The van der Waals surface area contributed by atoms with Gasteiger partial charge in [0.2, 0.25) is 0 Å². The molecule has 5 nitrogen and oxygen atoms in total. The van der Waals surface area contributed by atoms with Crippen LogP contribution in [0.5, 0.6) is 0 Å². The Hall–Kier alpha value is -3.34. The highest BCUT2D eigenvalue weighted by Crippen LogP contribution is 2.32. The quantitative estimate of drug-likeness (QED) is 0.670. The summed E-state index contributed by atoms with van der Waals surface area (Å²) in [5.74, 6) is 0.746. The number of pyridine rings is 1. The Bertz CT molecular complexity index is 1020. The van der Waals surface area contributed by atoms with Crippen molar-refractivity contribution in [2.24, 2.45) is 0 Å². The zero-order valence-corrected chi connectivity index (χ0v) is 17.1. The van der Waals surface area contributed by atoms with E-state index in [0.29, 0.717) is 5.56 Å². The van der Waals surface area contributed by atoms with Crippen LogP contribution in [0.3, 0.4) is 0 Å². The molecule has 0 aliphatic carbocycles. The van der Waals surface area contributed by atoms with Crippen LogP contribution in [0.25, 0.3) is 0 Å². The van der Waals surface area contributed by atoms with Crippen molar-refractivity contribution in [3.63, 3.8) is 0 Å². The molecule has 5 rings (SSSR count). The summed E-state index contributed by atoms with van der Waals surface area (Å²) in [6.45, 7) is 3.18. The Balaban J connectivity index is 1.27. The van der Waals surface area contributed by atoms with Crippen molar-refractivity contribution in [1.29, 1.82) is 0 Å². The number of fused-ring (bicyclic) bond motifs is 1. The average molecular weight is 399 g/mol. The van der Waals surface area contributed by atoms with Crippen molar-refractivity contribution in [2.45, 2.75) is 25.7 Å². The van der Waals surface area contributed by atoms with Crippen molar-refractivity contribution in [3.05, 3.63) is 78.0 Å². The molecular formula is C25H26N4O. The second-order valence-corrected chi connectivity index (χ2v) is 7.98. The predicted molar refractivity (Wildman–Crippen MR) is 122 cm³/mol. The number of nitrogens with zero attached hydrogens (tertiary/aromatic N) is 3. The number of carbonyl (C=O) groups excluding carboxylic acids is 1. The number of carbonyl (C=O) groups is 1. The number of aromatic nitrogens is 1. The van der Waals surface area contributed by atoms with E-state index < -0.39 is 0 Å². The molecule has 1 amide bonds. The third-order valence-electron chi connectivity index (χ3n) is 5.99. The van der Waals surface area contributed by atoms with Crippen LogP contribution in [0.15, 0.2) is 66.9 Å². The summed E-state index contributed by atoms with van der Waals surface area (Å²) in [4.78, 5) is 21.9. The van der Waals surface area contributed by atoms with Crippen molar-refractivity contribution in [1.82, 2.24) is 4.98 Å². The molecule has 0 spiro atoms. The second kappa shape index (κ2) is 8.19. The molecule has 0 saturated carbocycles. The van der Waals surface area contributed by atoms with Gasteiger partial charge in [0.05, 0.1) is 5.56 Å². The van der Waals surface area contributed by atoms with E-state index in [9.17, 15) is 4.79 Å². The third-order valence-corrected chi connectivity index (χ3v) is 5.99. The Labute approximate surface area is 177 Å². The number of aryl methyl sites for hydroxylation is 1. The maximum atomic E-state index is 12.7. The molecule has 0 atom stereocenters. The molecule has 2 aliphatic rings. The predicted octanol–water partition coefficient (Wildman–Crippen LogP) is 5.02. The van der Waals surface area contributed by atoms with Crippen LogP contribution in [-0.2, 0) is 6.42 Å². The monoisotopic (exact) mass is 398 g/mol. The van der Waals surface area contributed by atoms with Gasteiger partial charge in [0.1, 0.15) is 5.82 Å². The van der Waals surface area contributed by atoms with E-state index in [0.717, 1.165) is 44.0 Å². The maximum Gasteiger partial charge on any atom is 0.257 e. The first-order chi connectivity index (χ1) is 14.8. The summed E-state index contributed by atoms with van der Waals surface area (Å²) in [6.07, 6.45) is 6.38. The van der Waals surface area contributed by atoms with E-state index in [2.05, 4.69) is 56.5 Å². The molecule has 30 heavy (non-hydrogen) atoms. The number of nitrogens with one attached hydrogen (secondary N) is 1. The summed E-state index contributed by atoms with van der Waals surface area (Å²) in [5.41, 5.74) is 5.15. The van der Waals surface area contributed by atoms with Gasteiger partial charge in [-0.25, -0.2) is 4.98 Å². The van der Waals surface area contributed by atoms with Gasteiger partial charge in [-0.05, 0) is 73.7 Å². The molecule has 5 heteroatoms. The van der Waals surface area contributed by atoms with Gasteiger partial charge in [-0.3, -0.25) is 4.79 Å². The van der Waals surface area contributed by atoms with Crippen LogP contribution < -0.4 is 15.1 Å². The first-order valence-corrected chi connectivity index (χ1v) is 10.8. The lowest BCUT2D eigenvalue weighted by atomic mass is 10.0. The van der Waals surface area contributed by atoms with Crippen LogP contribution in [0, 0.1) is 0 Å². The first-order valence-electron chi connectivity index (χ1n) is 10.8. The number of amides is 1. The van der Waals surface area contributed by atoms with Gasteiger partial charge >= 0.3 is 0 Å². The summed E-state index contributed by atoms with van der Waals surface area (Å²) >= 11 is 0. The fourth-order valence-electron chi connectivity index (χ4n) is 4.39. The Morgan fingerprint density at radius 3 is 2.43 bits per heavy atom. The molecule has 2 aliphatic heterocycles. The number of anilines is 4. The van der Waals surface area contributed by atoms with Crippen molar-refractivity contribution in [3.8, 4) is 0 Å². The minimum absolute atomic E-state index is 0.137. The van der Waals surface area contributed by atoms with E-state index in [-0.39, 0.29) is 5.91 Å². The number of rotatable bonds is 4. The lowest BCUT2D eigenvalue weighted by molar-refractivity contribution is 0.102. The standard InChI is InChI=1S/C25H26N4O/c30-25(27-21-10-12-22(13-11-21)28-15-3-4-16-28)20-9-14-24(26-18-20)29-17-5-7-19-6-1-2-8-23(19)29/h1-2,6,8-14,18H,3-5,7,15-17H2,(H,27,30). The second-order valence-electron chi connectivity index (χ2n) is 7.98. The normalized spacial score (nSPS) is 15.7. The minimum Gasteiger partial charge on any atom is -0.372 e. The fourth-order valence-corrected chi connectivity index (χ4v) is 4.39. The molecular weight excluding hydrogens is 372 g/mol. The Kier molecular flexibility index (Phi) is 5.10. The van der Waals surface area contributed by atoms with Gasteiger partial charge in [0, 0.05) is 42.9 Å². The number of hydrogen-bond donors (Lipinski definition) is 1. The van der Waals surface area contributed by atoms with Gasteiger partial charge in [-0.15, -0.1) is 0 Å². The largest absolute Gasteiger partial charge is 0.372 e. The summed E-state index contributed by atoms with van der Waals surface area (Å²) in [5, 5.41) is 2.98. The average Bonchev–Trinajstić information content (AvgIpc) is 3.34. The van der Waals surface area contributed by atoms with Gasteiger partial charge in [0.25, 0.3) is 5.91 Å². The lowest BCUT2D eigenvalue weighted by Gasteiger charge is -2.30. The zero-order chi connectivity index (χ0) is 20.3. The van der Waals surface area contributed by atoms with E-state index in [1.165, 1.54) is 29.8 Å². The first kappa shape index (κ1) is 18.7. The van der Waals surface area contributed by atoms with Crippen LogP contribution in [0.4, 0.5) is 22.9 Å². The molecule has 3 heterocycles. The van der Waals surface area contributed by atoms with Crippen LogP contribution in [0.1, 0.15) is 35.2 Å². The van der Waals surface area contributed by atoms with Crippen molar-refractivity contribution < 1.29 is 4.79 Å². The third kappa shape index (κ3) is 3.75. The molecule has 0 bridgehead atoms. The highest BCUT2D eigenvalue weighted by molar-refractivity contribution is 6.04. The molecule has 0 radical (unpaired) electrons. The van der Waals surface area contributed by atoms with E-state index in [4.69, 9.17) is 0 Å². The Morgan fingerprint density at radius 2 is 1.67 bits per heavy atom. The molecule has 3 aromatic rings. The van der Waals surface area contributed by atoms with Gasteiger partial charge in [-0.1, -0.05) is 18.2 Å². The molecule has 152 valence electrons. The van der Waals surface area contributed by atoms with Crippen molar-refractivity contribution >= 4 is 28.8 Å². The Morgan fingerprint density at radius 1 is 0.867 bits per heavy atom. The van der Waals surface area contributed by atoms with E-state index in [1.807, 2.05) is 24.3 Å². The molecule has 1 saturated heterocycles. The summed E-state index contributed by atoms with van der Waals surface area (Å²) in [7, 11) is 0. The summed E-state index contributed by atoms with van der Waals surface area (Å²) < 4.78 is 0. The smallest absolute Gasteiger partial charge is 0.257 e. The van der Waals surface area contributed by atoms with E-state index >= 15 is 0 Å². The SMILES string of the molecule is O=C(Nc1ccc(N2CCCC2)cc1)c1ccc(N2CCCc3ccccc32)nc1. The van der Waals surface area contributed by atoms with Gasteiger partial charge in [-0.2, -0.15) is 0 Å². The maximum absolute atomic E-state index is 12.7. The number of hydrogen-bond acceptors (Lipinski definition) is 4. The highest BCUT2D eigenvalue weighted by atomic mass is 16.1. The highest BCUT2D eigenvalue weighted by Gasteiger charge is 2.19. The molecule has 2 aromatic carbocycles. The van der Waals surface area contributed by atoms with Crippen molar-refractivity contribution in [2.75, 3.05) is 34.8 Å². The van der Waals surface area contributed by atoms with Gasteiger partial charge < -0.3 is 15.1 Å². The topological polar surface area (TPSA) is 48.5 Å². The van der Waals surface area contributed by atoms with Gasteiger partial charge in [0.15, 0.2) is 0 Å². The minimum atomic E-state index is -0.137. The molecule has 1 fully saturated rings. The molecule has 1 aromatic heterocycles. The number of benzene rings is 2. The zero-order valence-electron chi connectivity index (χ0n) is 17.1. The van der Waals surface area contributed by atoms with Crippen LogP contribution in [0.2, 0.25) is 0 Å². The van der Waals surface area contributed by atoms with Crippen LogP contribution >= 0.6 is 0 Å². The molecule has 0 unspecified atom stereocenters. The molecule has 1 N–H and O–H groups in total. The number of para-hydroxylation sites is 1. The summed E-state index contributed by atoms with van der Waals surface area (Å²) in [6, 6.07) is 20.4.